The number of carbonyl (C=O) groups is 1. The molecule has 0 fully saturated rings. The van der Waals surface area contributed by atoms with Crippen LogP contribution in [0.3, 0.4) is 0 Å². The zero-order chi connectivity index (χ0) is 10.4. The van der Waals surface area contributed by atoms with Gasteiger partial charge >= 0.3 is 5.97 Å². The molecule has 0 unspecified atom stereocenters. The number of carboxylic acid groups (broad SMARTS) is 1. The average molecular weight is 185 g/mol. The highest BCUT2D eigenvalue weighted by atomic mass is 16.4. The maximum Gasteiger partial charge on any atom is 0.331 e. The minimum absolute atomic E-state index is 0.0969. The van der Waals surface area contributed by atoms with Gasteiger partial charge in [0.1, 0.15) is 0 Å². The Bertz CT molecular complexity index is 195. The normalized spacial score (nSPS) is 12.6. The molecule has 0 bridgehead atoms. The fourth-order valence-corrected chi connectivity index (χ4v) is 1.05. The number of nitrogens with zero attached hydrogens (tertiary/aromatic N) is 1. The van der Waals surface area contributed by atoms with Crippen molar-refractivity contribution in [3.8, 4) is 0 Å². The quantitative estimate of drug-likeness (QED) is 0.661. The van der Waals surface area contributed by atoms with Crippen LogP contribution >= 0.6 is 0 Å². The number of hydrogen-bond acceptors (Lipinski definition) is 2. The predicted molar refractivity (Wildman–Crippen MR) is 53.7 cm³/mol. The lowest BCUT2D eigenvalue weighted by atomic mass is 10.0. The second-order valence-corrected chi connectivity index (χ2v) is 3.71. The van der Waals surface area contributed by atoms with E-state index in [-0.39, 0.29) is 5.92 Å². The summed E-state index contributed by atoms with van der Waals surface area (Å²) in [5, 5.41) is 8.83. The molecule has 0 aliphatic heterocycles. The maximum absolute atomic E-state index is 10.7. The van der Waals surface area contributed by atoms with E-state index in [4.69, 9.17) is 5.11 Å². The molecule has 13 heavy (non-hydrogen) atoms. The molecule has 0 rings (SSSR count). The summed E-state index contributed by atoms with van der Waals surface area (Å²) in [6.45, 7) is 4.69. The molecule has 1 N–H and O–H groups in total. The van der Waals surface area contributed by atoms with Crippen molar-refractivity contribution in [2.45, 2.75) is 20.3 Å². The molecule has 3 nitrogen and oxygen atoms in total. The Balaban J connectivity index is 4.13. The molecular formula is C10H19NO2. The Morgan fingerprint density at radius 2 is 2.00 bits per heavy atom. The first-order chi connectivity index (χ1) is 5.95. The van der Waals surface area contributed by atoms with E-state index in [2.05, 4.69) is 0 Å². The molecular weight excluding hydrogens is 166 g/mol. The minimum atomic E-state index is -0.797. The average Bonchev–Trinajstić information content (AvgIpc) is 1.95. The van der Waals surface area contributed by atoms with Crippen molar-refractivity contribution < 1.29 is 9.90 Å². The van der Waals surface area contributed by atoms with Crippen molar-refractivity contribution in [1.82, 2.24) is 4.90 Å². The molecule has 3 heteroatoms. The van der Waals surface area contributed by atoms with E-state index in [1.54, 1.807) is 0 Å². The van der Waals surface area contributed by atoms with E-state index in [0.29, 0.717) is 5.57 Å². The van der Waals surface area contributed by atoms with Gasteiger partial charge in [-0.25, -0.2) is 4.79 Å². The first-order valence-electron chi connectivity index (χ1n) is 4.53. The third-order valence-corrected chi connectivity index (χ3v) is 1.81. The molecule has 0 radical (unpaired) electrons. The summed E-state index contributed by atoms with van der Waals surface area (Å²) in [7, 11) is 3.95. The highest BCUT2D eigenvalue weighted by molar-refractivity contribution is 5.86. The third kappa shape index (κ3) is 5.42. The van der Waals surface area contributed by atoms with Crippen LogP contribution in [0.2, 0.25) is 0 Å². The molecule has 0 atom stereocenters. The van der Waals surface area contributed by atoms with Gasteiger partial charge in [-0.05, 0) is 26.4 Å². The van der Waals surface area contributed by atoms with Gasteiger partial charge < -0.3 is 10.0 Å². The molecule has 0 spiro atoms. The number of carboxylic acids is 1. The Hall–Kier alpha value is -0.830. The van der Waals surface area contributed by atoms with Crippen LogP contribution in [0, 0.1) is 5.92 Å². The van der Waals surface area contributed by atoms with Crippen molar-refractivity contribution in [2.24, 2.45) is 5.92 Å². The first kappa shape index (κ1) is 12.2. The summed E-state index contributed by atoms with van der Waals surface area (Å²) in [5.74, 6) is -0.701. The van der Waals surface area contributed by atoms with E-state index in [0.717, 1.165) is 13.0 Å². The number of rotatable bonds is 5. The molecule has 0 amide bonds. The minimum Gasteiger partial charge on any atom is -0.478 e. The van der Waals surface area contributed by atoms with Gasteiger partial charge in [-0.15, -0.1) is 0 Å². The van der Waals surface area contributed by atoms with Gasteiger partial charge in [-0.3, -0.25) is 0 Å². The zero-order valence-corrected chi connectivity index (χ0v) is 8.87. The fraction of sp³-hybridized carbons (Fsp3) is 0.700. The van der Waals surface area contributed by atoms with Crippen molar-refractivity contribution in [2.75, 3.05) is 20.6 Å². The maximum atomic E-state index is 10.7. The predicted octanol–water partition coefficient (Wildman–Crippen LogP) is 1.61. The lowest BCUT2D eigenvalue weighted by Crippen LogP contribution is -2.13. The standard InChI is InChI=1S/C10H19NO2/c1-8(2)9(10(12)13)6-5-7-11(3)4/h6,8H,5,7H2,1-4H3,(H,12,13). The zero-order valence-electron chi connectivity index (χ0n) is 8.87. The summed E-state index contributed by atoms with van der Waals surface area (Å²) < 4.78 is 0. The van der Waals surface area contributed by atoms with E-state index in [9.17, 15) is 4.79 Å². The van der Waals surface area contributed by atoms with Crippen molar-refractivity contribution in [3.05, 3.63) is 11.6 Å². The van der Waals surface area contributed by atoms with E-state index < -0.39 is 5.97 Å². The number of hydrogen-bond donors (Lipinski definition) is 1. The van der Waals surface area contributed by atoms with Crippen molar-refractivity contribution in [1.29, 1.82) is 0 Å². The van der Waals surface area contributed by atoms with Crippen LogP contribution in [-0.2, 0) is 4.79 Å². The van der Waals surface area contributed by atoms with Gasteiger partial charge in [0.15, 0.2) is 0 Å². The fourth-order valence-electron chi connectivity index (χ4n) is 1.05. The third-order valence-electron chi connectivity index (χ3n) is 1.81. The van der Waals surface area contributed by atoms with Crippen LogP contribution in [-0.4, -0.2) is 36.6 Å². The summed E-state index contributed by atoms with van der Waals surface area (Å²) in [6.07, 6.45) is 2.61. The molecule has 0 aromatic carbocycles. The van der Waals surface area contributed by atoms with Crippen LogP contribution in [0.25, 0.3) is 0 Å². The van der Waals surface area contributed by atoms with Gasteiger partial charge in [0.25, 0.3) is 0 Å². The molecule has 0 aromatic rings. The second-order valence-electron chi connectivity index (χ2n) is 3.71. The molecule has 0 aromatic heterocycles. The van der Waals surface area contributed by atoms with Gasteiger partial charge in [-0.2, -0.15) is 0 Å². The number of aliphatic carboxylic acids is 1. The summed E-state index contributed by atoms with van der Waals surface area (Å²) >= 11 is 0. The van der Waals surface area contributed by atoms with Crippen molar-refractivity contribution >= 4 is 5.97 Å². The van der Waals surface area contributed by atoms with Crippen molar-refractivity contribution in [3.63, 3.8) is 0 Å². The van der Waals surface area contributed by atoms with E-state index >= 15 is 0 Å². The van der Waals surface area contributed by atoms with Crippen LogP contribution in [0.5, 0.6) is 0 Å². The lowest BCUT2D eigenvalue weighted by molar-refractivity contribution is -0.133. The van der Waals surface area contributed by atoms with Gasteiger partial charge in [0.05, 0.1) is 0 Å². The second kappa shape index (κ2) is 5.75. The Morgan fingerprint density at radius 1 is 1.46 bits per heavy atom. The summed E-state index contributed by atoms with van der Waals surface area (Å²) in [5.41, 5.74) is 0.516. The van der Waals surface area contributed by atoms with Crippen LogP contribution in [0.4, 0.5) is 0 Å². The van der Waals surface area contributed by atoms with Crippen LogP contribution in [0.15, 0.2) is 11.6 Å². The van der Waals surface area contributed by atoms with Gasteiger partial charge in [-0.1, -0.05) is 19.9 Å². The largest absolute Gasteiger partial charge is 0.478 e. The highest BCUT2D eigenvalue weighted by Crippen LogP contribution is 2.10. The SMILES string of the molecule is CC(C)C(=CCCN(C)C)C(=O)O. The summed E-state index contributed by atoms with van der Waals surface area (Å²) in [4.78, 5) is 12.8. The van der Waals surface area contributed by atoms with E-state index in [1.165, 1.54) is 0 Å². The Morgan fingerprint density at radius 3 is 2.31 bits per heavy atom. The molecule has 0 saturated heterocycles. The van der Waals surface area contributed by atoms with Crippen LogP contribution < -0.4 is 0 Å². The van der Waals surface area contributed by atoms with Crippen LogP contribution in [0.1, 0.15) is 20.3 Å². The summed E-state index contributed by atoms with van der Waals surface area (Å²) in [6, 6.07) is 0. The van der Waals surface area contributed by atoms with Gasteiger partial charge in [0.2, 0.25) is 0 Å². The lowest BCUT2D eigenvalue weighted by Gasteiger charge is -2.09. The molecule has 0 saturated carbocycles. The highest BCUT2D eigenvalue weighted by Gasteiger charge is 2.10. The molecule has 0 aliphatic carbocycles. The smallest absolute Gasteiger partial charge is 0.331 e. The molecule has 0 aliphatic rings. The monoisotopic (exact) mass is 185 g/mol. The first-order valence-corrected chi connectivity index (χ1v) is 4.53. The van der Waals surface area contributed by atoms with E-state index in [1.807, 2.05) is 38.9 Å². The molecule has 76 valence electrons. The molecule has 0 heterocycles. The Kier molecular flexibility index (Phi) is 5.39. The van der Waals surface area contributed by atoms with Gasteiger partial charge in [0, 0.05) is 12.1 Å². The Labute approximate surface area is 80.0 Å². The topological polar surface area (TPSA) is 40.5 Å².